The fourth-order valence-electron chi connectivity index (χ4n) is 2.42. The summed E-state index contributed by atoms with van der Waals surface area (Å²) in [6.45, 7) is 10.8. The lowest BCUT2D eigenvalue weighted by molar-refractivity contribution is -0.122. The predicted octanol–water partition coefficient (Wildman–Crippen LogP) is 1.81. The number of ether oxygens (including phenoxy) is 1. The number of carbonyl (C=O) groups is 1. The molecule has 130 valence electrons. The summed E-state index contributed by atoms with van der Waals surface area (Å²) in [6.07, 6.45) is -0.647. The molecule has 1 aromatic rings. The summed E-state index contributed by atoms with van der Waals surface area (Å²) >= 11 is 0. The van der Waals surface area contributed by atoms with Crippen molar-refractivity contribution < 1.29 is 14.6 Å². The van der Waals surface area contributed by atoms with Gasteiger partial charge < -0.3 is 15.2 Å². The number of aliphatic hydroxyl groups excluding tert-OH is 1. The maximum atomic E-state index is 11.7. The molecular formula is C18H30N2O3. The number of nitrogens with zero attached hydrogens (tertiary/aromatic N) is 1. The lowest BCUT2D eigenvalue weighted by Crippen LogP contribution is -2.42. The van der Waals surface area contributed by atoms with Crippen LogP contribution in [0.3, 0.4) is 0 Å². The van der Waals surface area contributed by atoms with Crippen molar-refractivity contribution in [2.75, 3.05) is 26.7 Å². The standard InChI is InChI=1S/C18H30N2O3/c1-12(2)19-17(22)10-20(6)9-16(21)11-23-18-14(4)8-7-13(3)15(18)5/h7-8,12,16,21H,9-11H2,1-6H3,(H,19,22)/t16-/m0/s1. The van der Waals surface area contributed by atoms with E-state index in [0.29, 0.717) is 6.54 Å². The second-order valence-corrected chi connectivity index (χ2v) is 6.54. The summed E-state index contributed by atoms with van der Waals surface area (Å²) in [7, 11) is 1.81. The second kappa shape index (κ2) is 8.89. The van der Waals surface area contributed by atoms with E-state index >= 15 is 0 Å². The van der Waals surface area contributed by atoms with Gasteiger partial charge in [0.15, 0.2) is 0 Å². The van der Waals surface area contributed by atoms with Crippen molar-refractivity contribution in [3.05, 3.63) is 28.8 Å². The summed E-state index contributed by atoms with van der Waals surface area (Å²) in [5.74, 6) is 0.797. The van der Waals surface area contributed by atoms with Crippen molar-refractivity contribution in [1.29, 1.82) is 0 Å². The van der Waals surface area contributed by atoms with Crippen LogP contribution >= 0.6 is 0 Å². The minimum Gasteiger partial charge on any atom is -0.490 e. The highest BCUT2D eigenvalue weighted by atomic mass is 16.5. The molecule has 0 radical (unpaired) electrons. The Hall–Kier alpha value is -1.59. The molecule has 0 aliphatic rings. The zero-order valence-electron chi connectivity index (χ0n) is 15.1. The molecule has 1 aromatic carbocycles. The van der Waals surface area contributed by atoms with Crippen LogP contribution in [-0.4, -0.2) is 54.8 Å². The lowest BCUT2D eigenvalue weighted by Gasteiger charge is -2.22. The van der Waals surface area contributed by atoms with Crippen molar-refractivity contribution in [3.63, 3.8) is 0 Å². The molecule has 0 fully saturated rings. The van der Waals surface area contributed by atoms with Crippen molar-refractivity contribution in [2.45, 2.75) is 46.8 Å². The molecule has 0 heterocycles. The van der Waals surface area contributed by atoms with Crippen molar-refractivity contribution in [3.8, 4) is 5.75 Å². The zero-order valence-corrected chi connectivity index (χ0v) is 15.1. The molecule has 5 nitrogen and oxygen atoms in total. The number of aryl methyl sites for hydroxylation is 2. The molecule has 0 saturated carbocycles. The molecule has 0 aliphatic carbocycles. The minimum atomic E-state index is -0.647. The minimum absolute atomic E-state index is 0.0407. The SMILES string of the molecule is Cc1ccc(C)c(OC[C@@H](O)CN(C)CC(=O)NC(C)C)c1C. The van der Waals surface area contributed by atoms with E-state index in [0.717, 1.165) is 16.9 Å². The normalized spacial score (nSPS) is 12.6. The average molecular weight is 322 g/mol. The highest BCUT2D eigenvalue weighted by Gasteiger charge is 2.14. The average Bonchev–Trinajstić information content (AvgIpc) is 2.41. The topological polar surface area (TPSA) is 61.8 Å². The van der Waals surface area contributed by atoms with Crippen LogP contribution < -0.4 is 10.1 Å². The Bertz CT molecular complexity index is 529. The van der Waals surface area contributed by atoms with Gasteiger partial charge in [-0.1, -0.05) is 12.1 Å². The molecule has 0 aliphatic heterocycles. The van der Waals surface area contributed by atoms with Gasteiger partial charge in [0.05, 0.1) is 6.54 Å². The van der Waals surface area contributed by atoms with Gasteiger partial charge in [0.1, 0.15) is 18.5 Å². The van der Waals surface area contributed by atoms with Crippen molar-refractivity contribution in [2.24, 2.45) is 0 Å². The summed E-state index contributed by atoms with van der Waals surface area (Å²) in [6, 6.07) is 4.21. The summed E-state index contributed by atoms with van der Waals surface area (Å²) < 4.78 is 5.80. The van der Waals surface area contributed by atoms with E-state index in [-0.39, 0.29) is 25.1 Å². The van der Waals surface area contributed by atoms with Gasteiger partial charge in [0, 0.05) is 12.6 Å². The number of nitrogens with one attached hydrogen (secondary N) is 1. The monoisotopic (exact) mass is 322 g/mol. The molecule has 1 rings (SSSR count). The highest BCUT2D eigenvalue weighted by Crippen LogP contribution is 2.25. The third kappa shape index (κ3) is 6.59. The lowest BCUT2D eigenvalue weighted by atomic mass is 10.1. The molecule has 1 atom stereocenters. The molecule has 2 N–H and O–H groups in total. The molecule has 0 unspecified atom stereocenters. The summed E-state index contributed by atoms with van der Waals surface area (Å²) in [5.41, 5.74) is 3.33. The van der Waals surface area contributed by atoms with Gasteiger partial charge >= 0.3 is 0 Å². The van der Waals surface area contributed by atoms with E-state index in [1.165, 1.54) is 5.56 Å². The van der Waals surface area contributed by atoms with Gasteiger partial charge in [-0.15, -0.1) is 0 Å². The number of carbonyl (C=O) groups excluding carboxylic acids is 1. The molecule has 5 heteroatoms. The molecule has 0 saturated heterocycles. The highest BCUT2D eigenvalue weighted by molar-refractivity contribution is 5.78. The van der Waals surface area contributed by atoms with Crippen LogP contribution in [0, 0.1) is 20.8 Å². The quantitative estimate of drug-likeness (QED) is 0.766. The number of benzene rings is 1. The number of amides is 1. The van der Waals surface area contributed by atoms with Gasteiger partial charge in [-0.05, 0) is 58.4 Å². The fraction of sp³-hybridized carbons (Fsp3) is 0.611. The number of hydrogen-bond acceptors (Lipinski definition) is 4. The second-order valence-electron chi connectivity index (χ2n) is 6.54. The molecule has 0 bridgehead atoms. The zero-order chi connectivity index (χ0) is 17.6. The Morgan fingerprint density at radius 2 is 1.87 bits per heavy atom. The van der Waals surface area contributed by atoms with Crippen molar-refractivity contribution >= 4 is 5.91 Å². The number of rotatable bonds is 8. The van der Waals surface area contributed by atoms with Crippen molar-refractivity contribution in [1.82, 2.24) is 10.2 Å². The van der Waals surface area contributed by atoms with E-state index in [9.17, 15) is 9.90 Å². The van der Waals surface area contributed by atoms with E-state index in [2.05, 4.69) is 11.4 Å². The number of likely N-dealkylation sites (N-methyl/N-ethyl adjacent to an activating group) is 1. The first-order valence-electron chi connectivity index (χ1n) is 8.06. The smallest absolute Gasteiger partial charge is 0.234 e. The van der Waals surface area contributed by atoms with Crippen LogP contribution in [0.2, 0.25) is 0 Å². The van der Waals surface area contributed by atoms with Crippen LogP contribution in [-0.2, 0) is 4.79 Å². The first-order chi connectivity index (χ1) is 10.7. The number of hydrogen-bond donors (Lipinski definition) is 2. The van der Waals surface area contributed by atoms with Gasteiger partial charge in [0.2, 0.25) is 5.91 Å². The fourth-order valence-corrected chi connectivity index (χ4v) is 2.42. The summed E-state index contributed by atoms with van der Waals surface area (Å²) in [4.78, 5) is 13.5. The van der Waals surface area contributed by atoms with Crippen LogP contribution in [0.4, 0.5) is 0 Å². The van der Waals surface area contributed by atoms with Gasteiger partial charge in [-0.25, -0.2) is 0 Å². The molecular weight excluding hydrogens is 292 g/mol. The maximum absolute atomic E-state index is 11.7. The third-order valence-corrected chi connectivity index (χ3v) is 3.68. The Labute approximate surface area is 139 Å². The maximum Gasteiger partial charge on any atom is 0.234 e. The van der Waals surface area contributed by atoms with Gasteiger partial charge in [-0.3, -0.25) is 9.69 Å². The summed E-state index contributed by atoms with van der Waals surface area (Å²) in [5, 5.41) is 13.0. The van der Waals surface area contributed by atoms with Crippen LogP contribution in [0.25, 0.3) is 0 Å². The molecule has 23 heavy (non-hydrogen) atoms. The first-order valence-corrected chi connectivity index (χ1v) is 8.06. The van der Waals surface area contributed by atoms with E-state index in [4.69, 9.17) is 4.74 Å². The van der Waals surface area contributed by atoms with Crippen LogP contribution in [0.1, 0.15) is 30.5 Å². The largest absolute Gasteiger partial charge is 0.490 e. The molecule has 1 amide bonds. The third-order valence-electron chi connectivity index (χ3n) is 3.68. The predicted molar refractivity (Wildman–Crippen MR) is 92.9 cm³/mol. The molecule has 0 spiro atoms. The number of aliphatic hydroxyl groups is 1. The Kier molecular flexibility index (Phi) is 7.52. The Morgan fingerprint density at radius 3 is 2.48 bits per heavy atom. The van der Waals surface area contributed by atoms with Crippen LogP contribution in [0.15, 0.2) is 12.1 Å². The molecule has 0 aromatic heterocycles. The van der Waals surface area contributed by atoms with E-state index in [1.54, 1.807) is 4.90 Å². The Balaban J connectivity index is 2.47. The van der Waals surface area contributed by atoms with Crippen LogP contribution in [0.5, 0.6) is 5.75 Å². The van der Waals surface area contributed by atoms with Gasteiger partial charge in [0.25, 0.3) is 0 Å². The van der Waals surface area contributed by atoms with E-state index in [1.807, 2.05) is 47.7 Å². The Morgan fingerprint density at radius 1 is 1.26 bits per heavy atom. The van der Waals surface area contributed by atoms with Gasteiger partial charge in [-0.2, -0.15) is 0 Å². The van der Waals surface area contributed by atoms with E-state index < -0.39 is 6.10 Å². The first kappa shape index (κ1) is 19.5.